The van der Waals surface area contributed by atoms with Gasteiger partial charge in [0.05, 0.1) is 23.8 Å². The molecule has 1 aromatic carbocycles. The number of rotatable bonds is 5. The van der Waals surface area contributed by atoms with Crippen molar-refractivity contribution in [1.29, 1.82) is 5.26 Å². The quantitative estimate of drug-likeness (QED) is 0.284. The van der Waals surface area contributed by atoms with E-state index >= 15 is 0 Å². The number of benzene rings is 1. The molecule has 1 atom stereocenters. The Morgan fingerprint density at radius 2 is 1.61 bits per heavy atom. The fourth-order valence-electron chi connectivity index (χ4n) is 6.35. The second-order valence-corrected chi connectivity index (χ2v) is 12.1. The number of hydrogen-bond acceptors (Lipinski definition) is 9. The molecule has 0 radical (unpaired) electrons. The molecule has 2 aromatic rings. The van der Waals surface area contributed by atoms with E-state index in [4.69, 9.17) is 24.5 Å². The van der Waals surface area contributed by atoms with E-state index in [0.29, 0.717) is 48.1 Å². The topological polar surface area (TPSA) is 197 Å². The lowest BCUT2D eigenvalue weighted by atomic mass is 9.71. The average molecular weight is 730 g/mol. The summed E-state index contributed by atoms with van der Waals surface area (Å²) in [5, 5.41) is 33.2. The van der Waals surface area contributed by atoms with Gasteiger partial charge in [-0.2, -0.15) is 31.6 Å². The first kappa shape index (κ1) is 38.6. The van der Waals surface area contributed by atoms with E-state index in [-0.39, 0.29) is 17.3 Å². The third-order valence-electron chi connectivity index (χ3n) is 8.62. The van der Waals surface area contributed by atoms with Crippen LogP contribution in [0, 0.1) is 16.7 Å². The molecule has 6 rings (SSSR count). The summed E-state index contributed by atoms with van der Waals surface area (Å²) in [6.07, 6.45) is -6.22. The van der Waals surface area contributed by atoms with E-state index in [2.05, 4.69) is 31.9 Å². The number of alkyl halides is 6. The van der Waals surface area contributed by atoms with Gasteiger partial charge in [0.1, 0.15) is 0 Å². The Balaban J connectivity index is 0.000000353. The number of ether oxygens (including phenoxy) is 1. The van der Waals surface area contributed by atoms with E-state index in [1.165, 1.54) is 12.8 Å². The number of carboxylic acid groups (broad SMARTS) is 2. The Hall–Kier alpha value is -5.16. The van der Waals surface area contributed by atoms with E-state index in [1.807, 2.05) is 6.92 Å². The van der Waals surface area contributed by atoms with Crippen molar-refractivity contribution in [3.05, 3.63) is 53.2 Å². The molecular weight excluding hydrogens is 696 g/mol. The summed E-state index contributed by atoms with van der Waals surface area (Å²) >= 11 is 0. The Labute approximate surface area is 286 Å². The van der Waals surface area contributed by atoms with Crippen molar-refractivity contribution in [2.24, 2.45) is 5.41 Å². The van der Waals surface area contributed by atoms with Crippen LogP contribution in [0.2, 0.25) is 0 Å². The van der Waals surface area contributed by atoms with Gasteiger partial charge >= 0.3 is 30.3 Å². The van der Waals surface area contributed by atoms with Crippen molar-refractivity contribution in [2.75, 3.05) is 51.2 Å². The molecule has 4 aliphatic heterocycles. The predicted octanol–water partition coefficient (Wildman–Crippen LogP) is 2.89. The zero-order valence-corrected chi connectivity index (χ0v) is 26.9. The van der Waals surface area contributed by atoms with Crippen molar-refractivity contribution >= 4 is 29.6 Å². The number of likely N-dealkylation sites (tertiary alicyclic amines) is 2. The van der Waals surface area contributed by atoms with Gasteiger partial charge in [0, 0.05) is 55.1 Å². The van der Waals surface area contributed by atoms with Crippen molar-refractivity contribution in [3.63, 3.8) is 0 Å². The molecule has 3 amide bonds. The molecule has 3 saturated heterocycles. The third kappa shape index (κ3) is 8.42. The maximum atomic E-state index is 13.7. The lowest BCUT2D eigenvalue weighted by Gasteiger charge is -2.62. The molecule has 20 heteroatoms. The summed E-state index contributed by atoms with van der Waals surface area (Å²) in [4.78, 5) is 53.8. The standard InChI is InChI=1S/C27H31N7O3.2C2HF3O2/c1-2-37-23-20(4-3-9-30-23)27(21-12-18(13-28)5-6-22(21)31-24(27)35)32-25(36)34-16-26(17-34)14-33(15-26)19-7-10-29-11-8-19;2*3-2(4,5)1(6)7/h3-6,9,12,19,29H,2,7-8,10-11,14-17H2,1H3,(H,31,35)(H,32,36);2*(H,6,7)/t27-;;/m1../s1. The first-order valence-electron chi connectivity index (χ1n) is 15.4. The summed E-state index contributed by atoms with van der Waals surface area (Å²) in [6, 6.07) is 10.9. The van der Waals surface area contributed by atoms with Gasteiger partial charge in [0.15, 0.2) is 5.54 Å². The highest BCUT2D eigenvalue weighted by Gasteiger charge is 2.57. The number of anilines is 1. The van der Waals surface area contributed by atoms with Crippen LogP contribution in [0.1, 0.15) is 36.5 Å². The SMILES string of the molecule is CCOc1ncccc1[C@]1(NC(=O)N2CC3(C2)CN(C2CCNCC2)C3)C(=O)Nc2ccc(C#N)cc21.O=C(O)C(F)(F)F.O=C(O)C(F)(F)F. The van der Waals surface area contributed by atoms with Crippen LogP contribution < -0.4 is 20.7 Å². The summed E-state index contributed by atoms with van der Waals surface area (Å²) in [5.74, 6) is -5.65. The zero-order chi connectivity index (χ0) is 37.8. The number of hydrogen-bond donors (Lipinski definition) is 5. The van der Waals surface area contributed by atoms with Gasteiger partial charge in [0.2, 0.25) is 5.88 Å². The number of nitrogens with one attached hydrogen (secondary N) is 3. The van der Waals surface area contributed by atoms with Gasteiger partial charge in [-0.25, -0.2) is 19.4 Å². The van der Waals surface area contributed by atoms with Gasteiger partial charge in [-0.05, 0) is 63.2 Å². The number of nitrogens with zero attached hydrogens (tertiary/aromatic N) is 4. The summed E-state index contributed by atoms with van der Waals surface area (Å²) in [5.41, 5.74) is 0.464. The molecule has 14 nitrogen and oxygen atoms in total. The summed E-state index contributed by atoms with van der Waals surface area (Å²) in [6.45, 7) is 7.67. The van der Waals surface area contributed by atoms with Gasteiger partial charge in [-0.15, -0.1) is 0 Å². The summed E-state index contributed by atoms with van der Waals surface area (Å²) < 4.78 is 69.2. The van der Waals surface area contributed by atoms with E-state index in [1.54, 1.807) is 41.4 Å². The van der Waals surface area contributed by atoms with E-state index in [9.17, 15) is 41.2 Å². The Kier molecular flexibility index (Phi) is 11.4. The van der Waals surface area contributed by atoms with Crippen LogP contribution in [0.15, 0.2) is 36.5 Å². The molecule has 4 aliphatic rings. The largest absolute Gasteiger partial charge is 0.490 e. The van der Waals surface area contributed by atoms with Crippen molar-refractivity contribution in [1.82, 2.24) is 25.4 Å². The lowest BCUT2D eigenvalue weighted by Crippen LogP contribution is -2.76. The molecule has 5 heterocycles. The molecule has 0 bridgehead atoms. The highest BCUT2D eigenvalue weighted by Crippen LogP contribution is 2.46. The van der Waals surface area contributed by atoms with Crippen molar-refractivity contribution in [2.45, 2.75) is 43.7 Å². The molecule has 5 N–H and O–H groups in total. The second-order valence-electron chi connectivity index (χ2n) is 12.1. The number of aliphatic carboxylic acids is 2. The first-order chi connectivity index (χ1) is 23.9. The number of urea groups is 1. The summed E-state index contributed by atoms with van der Waals surface area (Å²) in [7, 11) is 0. The minimum absolute atomic E-state index is 0.143. The highest BCUT2D eigenvalue weighted by atomic mass is 19.4. The maximum absolute atomic E-state index is 13.7. The molecule has 0 unspecified atom stereocenters. The fourth-order valence-corrected chi connectivity index (χ4v) is 6.35. The van der Waals surface area contributed by atoms with Crippen LogP contribution in [0.25, 0.3) is 0 Å². The molecule has 3 fully saturated rings. The number of piperidine rings is 1. The first-order valence-corrected chi connectivity index (χ1v) is 15.4. The Morgan fingerprint density at radius 3 is 2.14 bits per heavy atom. The van der Waals surface area contributed by atoms with Gasteiger partial charge in [0.25, 0.3) is 5.91 Å². The molecule has 51 heavy (non-hydrogen) atoms. The lowest BCUT2D eigenvalue weighted by molar-refractivity contribution is -0.193. The molecule has 276 valence electrons. The minimum Gasteiger partial charge on any atom is -0.478 e. The van der Waals surface area contributed by atoms with E-state index in [0.717, 1.165) is 26.2 Å². The Morgan fingerprint density at radius 1 is 1.02 bits per heavy atom. The normalized spacial score (nSPS) is 20.8. The smallest absolute Gasteiger partial charge is 0.478 e. The number of aromatic nitrogens is 1. The fraction of sp³-hybridized carbons (Fsp3) is 0.484. The third-order valence-corrected chi connectivity index (χ3v) is 8.62. The molecular formula is C31H33F6N7O7. The van der Waals surface area contributed by atoms with Crippen LogP contribution in [-0.2, 0) is 19.9 Å². The Bertz CT molecular complexity index is 1660. The van der Waals surface area contributed by atoms with Crippen LogP contribution in [0.5, 0.6) is 5.88 Å². The highest BCUT2D eigenvalue weighted by molar-refractivity contribution is 6.10. The number of pyridine rings is 1. The van der Waals surface area contributed by atoms with Crippen LogP contribution in [0.4, 0.5) is 36.8 Å². The van der Waals surface area contributed by atoms with Crippen LogP contribution in [-0.4, -0.2) is 113 Å². The number of carbonyl (C=O) groups excluding carboxylic acids is 2. The minimum atomic E-state index is -5.08. The number of amides is 3. The molecule has 1 spiro atoms. The number of fused-ring (bicyclic) bond motifs is 1. The van der Waals surface area contributed by atoms with Gasteiger partial charge in [-0.1, -0.05) is 0 Å². The van der Waals surface area contributed by atoms with Crippen molar-refractivity contribution < 1.29 is 60.5 Å². The number of halogens is 6. The molecule has 1 aromatic heterocycles. The predicted molar refractivity (Wildman–Crippen MR) is 163 cm³/mol. The van der Waals surface area contributed by atoms with Crippen molar-refractivity contribution in [3.8, 4) is 11.9 Å². The number of carbonyl (C=O) groups is 4. The van der Waals surface area contributed by atoms with E-state index < -0.39 is 35.7 Å². The van der Waals surface area contributed by atoms with Crippen LogP contribution in [0.3, 0.4) is 0 Å². The monoisotopic (exact) mass is 729 g/mol. The maximum Gasteiger partial charge on any atom is 0.490 e. The van der Waals surface area contributed by atoms with Gasteiger partial charge < -0.3 is 35.8 Å². The van der Waals surface area contributed by atoms with Gasteiger partial charge in [-0.3, -0.25) is 9.69 Å². The molecule has 0 aliphatic carbocycles. The average Bonchev–Trinajstić information content (AvgIpc) is 3.30. The number of carboxylic acids is 2. The second kappa shape index (κ2) is 15.0. The molecule has 0 saturated carbocycles. The zero-order valence-electron chi connectivity index (χ0n) is 26.9. The number of nitriles is 1. The van der Waals surface area contributed by atoms with Crippen LogP contribution >= 0.6 is 0 Å².